The fourth-order valence-electron chi connectivity index (χ4n) is 3.65. The van der Waals surface area contributed by atoms with Gasteiger partial charge in [0, 0.05) is 36.8 Å². The largest absolute Gasteiger partial charge is 0.483 e. The number of anilines is 1. The van der Waals surface area contributed by atoms with Gasteiger partial charge in [0.15, 0.2) is 6.61 Å². The monoisotopic (exact) mass is 484 g/mol. The molecule has 0 saturated carbocycles. The maximum absolute atomic E-state index is 12.5. The lowest BCUT2D eigenvalue weighted by Crippen LogP contribution is -2.32. The van der Waals surface area contributed by atoms with Gasteiger partial charge in [-0.3, -0.25) is 9.69 Å². The summed E-state index contributed by atoms with van der Waals surface area (Å²) in [6, 6.07) is 18.1. The number of nitrogens with one attached hydrogen (secondary N) is 1. The number of halogens is 1. The van der Waals surface area contributed by atoms with Crippen LogP contribution in [0, 0.1) is 6.92 Å². The van der Waals surface area contributed by atoms with Gasteiger partial charge in [0.2, 0.25) is 0 Å². The van der Waals surface area contributed by atoms with Gasteiger partial charge in [-0.25, -0.2) is 0 Å². The highest BCUT2D eigenvalue weighted by Gasteiger charge is 2.14. The van der Waals surface area contributed by atoms with Crippen molar-refractivity contribution < 1.29 is 9.53 Å². The fourth-order valence-corrected chi connectivity index (χ4v) is 5.23. The van der Waals surface area contributed by atoms with Gasteiger partial charge < -0.3 is 10.1 Å². The number of hydrogen-bond donors (Lipinski definition) is 1. The summed E-state index contributed by atoms with van der Waals surface area (Å²) in [5.41, 5.74) is 3.24. The second-order valence-corrected chi connectivity index (χ2v) is 9.43. The molecule has 0 unspecified atom stereocenters. The summed E-state index contributed by atoms with van der Waals surface area (Å²) < 4.78 is 6.67. The van der Waals surface area contributed by atoms with Crippen LogP contribution >= 0.6 is 27.7 Å². The Morgan fingerprint density at radius 2 is 1.90 bits per heavy atom. The van der Waals surface area contributed by atoms with E-state index in [9.17, 15) is 4.79 Å². The van der Waals surface area contributed by atoms with E-state index >= 15 is 0 Å². The average Bonchev–Trinajstić information content (AvgIpc) is 2.77. The summed E-state index contributed by atoms with van der Waals surface area (Å²) in [6.45, 7) is 5.20. The topological polar surface area (TPSA) is 41.6 Å². The van der Waals surface area contributed by atoms with E-state index in [0.717, 1.165) is 46.1 Å². The third-order valence-electron chi connectivity index (χ3n) is 5.40. The zero-order chi connectivity index (χ0) is 20.9. The van der Waals surface area contributed by atoms with Crippen LogP contribution in [-0.4, -0.2) is 42.0 Å². The highest BCUT2D eigenvalue weighted by Crippen LogP contribution is 2.33. The van der Waals surface area contributed by atoms with E-state index < -0.39 is 0 Å². The molecule has 1 N–H and O–H groups in total. The number of rotatable bonds is 6. The smallest absolute Gasteiger partial charge is 0.262 e. The molecule has 1 amide bonds. The van der Waals surface area contributed by atoms with E-state index in [0.29, 0.717) is 5.75 Å². The van der Waals surface area contributed by atoms with Crippen LogP contribution in [0.25, 0.3) is 10.8 Å². The summed E-state index contributed by atoms with van der Waals surface area (Å²) in [5.74, 6) is 2.89. The molecule has 6 heteroatoms. The molecule has 1 aliphatic rings. The van der Waals surface area contributed by atoms with Gasteiger partial charge in [-0.2, -0.15) is 11.8 Å². The van der Waals surface area contributed by atoms with E-state index in [1.807, 2.05) is 54.2 Å². The molecule has 0 bridgehead atoms. The van der Waals surface area contributed by atoms with Crippen LogP contribution in [0.2, 0.25) is 0 Å². The first-order valence-electron chi connectivity index (χ1n) is 10.1. The Balaban J connectivity index is 1.39. The van der Waals surface area contributed by atoms with Gasteiger partial charge in [-0.05, 0) is 56.9 Å². The van der Waals surface area contributed by atoms with Crippen LogP contribution in [0.15, 0.2) is 59.1 Å². The highest BCUT2D eigenvalue weighted by atomic mass is 79.9. The van der Waals surface area contributed by atoms with E-state index in [4.69, 9.17) is 4.74 Å². The van der Waals surface area contributed by atoms with Crippen LogP contribution in [0.4, 0.5) is 5.69 Å². The van der Waals surface area contributed by atoms with Crippen molar-refractivity contribution in [3.63, 3.8) is 0 Å². The van der Waals surface area contributed by atoms with Crippen molar-refractivity contribution in [3.8, 4) is 5.75 Å². The third kappa shape index (κ3) is 4.99. The minimum Gasteiger partial charge on any atom is -0.483 e. The molecular weight excluding hydrogens is 460 g/mol. The van der Waals surface area contributed by atoms with Crippen molar-refractivity contribution in [3.05, 3.63) is 70.2 Å². The van der Waals surface area contributed by atoms with E-state index in [1.54, 1.807) is 0 Å². The number of hydrogen-bond acceptors (Lipinski definition) is 4. The Kier molecular flexibility index (Phi) is 6.97. The number of amides is 1. The highest BCUT2D eigenvalue weighted by molar-refractivity contribution is 9.10. The predicted octanol–water partition coefficient (Wildman–Crippen LogP) is 5.48. The van der Waals surface area contributed by atoms with E-state index in [2.05, 4.69) is 45.2 Å². The lowest BCUT2D eigenvalue weighted by atomic mass is 10.1. The molecule has 156 valence electrons. The average molecular weight is 485 g/mol. The Hall–Kier alpha value is -2.02. The van der Waals surface area contributed by atoms with Crippen molar-refractivity contribution in [2.24, 2.45) is 0 Å². The number of ether oxygens (including phenoxy) is 1. The van der Waals surface area contributed by atoms with Crippen LogP contribution in [0.1, 0.15) is 11.1 Å². The van der Waals surface area contributed by atoms with E-state index in [-0.39, 0.29) is 12.5 Å². The maximum Gasteiger partial charge on any atom is 0.262 e. The van der Waals surface area contributed by atoms with Crippen molar-refractivity contribution in [2.75, 3.05) is 36.5 Å². The van der Waals surface area contributed by atoms with Gasteiger partial charge in [0.05, 0.1) is 4.47 Å². The lowest BCUT2D eigenvalue weighted by molar-refractivity contribution is -0.118. The molecule has 1 saturated heterocycles. The summed E-state index contributed by atoms with van der Waals surface area (Å²) >= 11 is 5.62. The summed E-state index contributed by atoms with van der Waals surface area (Å²) in [7, 11) is 0. The molecule has 0 aromatic heterocycles. The fraction of sp³-hybridized carbons (Fsp3) is 0.292. The number of carbonyl (C=O) groups is 1. The number of nitrogens with zero attached hydrogens (tertiary/aromatic N) is 1. The first-order valence-corrected chi connectivity index (χ1v) is 12.0. The zero-order valence-corrected chi connectivity index (χ0v) is 19.4. The number of fused-ring (bicyclic) bond motifs is 1. The van der Waals surface area contributed by atoms with Gasteiger partial charge in [-0.1, -0.05) is 42.5 Å². The predicted molar refractivity (Wildman–Crippen MR) is 130 cm³/mol. The van der Waals surface area contributed by atoms with Crippen LogP contribution in [0.3, 0.4) is 0 Å². The summed E-state index contributed by atoms with van der Waals surface area (Å²) in [4.78, 5) is 15.0. The minimum atomic E-state index is -0.162. The van der Waals surface area contributed by atoms with Gasteiger partial charge in [-0.15, -0.1) is 0 Å². The quantitative estimate of drug-likeness (QED) is 0.502. The van der Waals surface area contributed by atoms with Gasteiger partial charge >= 0.3 is 0 Å². The molecule has 0 radical (unpaired) electrons. The normalized spacial score (nSPS) is 14.6. The first-order chi connectivity index (χ1) is 14.6. The Morgan fingerprint density at radius 3 is 2.73 bits per heavy atom. The first kappa shape index (κ1) is 21.2. The van der Waals surface area contributed by atoms with Gasteiger partial charge in [0.25, 0.3) is 5.91 Å². The molecule has 4 nitrogen and oxygen atoms in total. The molecule has 4 rings (SSSR count). The van der Waals surface area contributed by atoms with Crippen LogP contribution in [-0.2, 0) is 11.3 Å². The second-order valence-electron chi connectivity index (χ2n) is 7.41. The van der Waals surface area contributed by atoms with Crippen molar-refractivity contribution in [1.82, 2.24) is 4.90 Å². The van der Waals surface area contributed by atoms with Crippen LogP contribution < -0.4 is 10.1 Å². The molecule has 1 fully saturated rings. The summed E-state index contributed by atoms with van der Waals surface area (Å²) in [5, 5.41) is 5.20. The molecule has 30 heavy (non-hydrogen) atoms. The van der Waals surface area contributed by atoms with Crippen molar-refractivity contribution in [2.45, 2.75) is 13.5 Å². The van der Waals surface area contributed by atoms with E-state index in [1.165, 1.54) is 17.1 Å². The number of thioether (sulfide) groups is 1. The maximum atomic E-state index is 12.5. The Bertz CT molecular complexity index is 1050. The Morgan fingerprint density at radius 1 is 1.10 bits per heavy atom. The Labute approximate surface area is 190 Å². The summed E-state index contributed by atoms with van der Waals surface area (Å²) in [6.07, 6.45) is 0. The van der Waals surface area contributed by atoms with Crippen LogP contribution in [0.5, 0.6) is 5.75 Å². The zero-order valence-electron chi connectivity index (χ0n) is 17.0. The molecule has 0 atom stereocenters. The second kappa shape index (κ2) is 9.86. The molecule has 0 spiro atoms. The number of carbonyl (C=O) groups excluding carboxylic acids is 1. The molecule has 3 aromatic rings. The molecule has 1 heterocycles. The lowest BCUT2D eigenvalue weighted by Gasteiger charge is -2.27. The molecule has 0 aliphatic carbocycles. The molecular formula is C24H25BrN2O2S. The number of benzene rings is 3. The SMILES string of the molecule is Cc1c(CN2CCSCC2)cccc1NC(=O)COc1ccc2ccccc2c1Br. The minimum absolute atomic E-state index is 0.0377. The standard InChI is InChI=1S/C24H25BrN2O2S/c1-17-19(15-27-11-13-30-14-12-27)6-4-8-21(17)26-23(28)16-29-22-10-9-18-5-2-3-7-20(18)24(22)25/h2-10H,11-16H2,1H3,(H,26,28). The molecule has 1 aliphatic heterocycles. The van der Waals surface area contributed by atoms with Crippen molar-refractivity contribution >= 4 is 50.1 Å². The van der Waals surface area contributed by atoms with Crippen molar-refractivity contribution in [1.29, 1.82) is 0 Å². The molecule has 3 aromatic carbocycles. The van der Waals surface area contributed by atoms with Gasteiger partial charge in [0.1, 0.15) is 5.75 Å². The third-order valence-corrected chi connectivity index (χ3v) is 7.16.